The van der Waals surface area contributed by atoms with Gasteiger partial charge in [0.05, 0.1) is 18.3 Å². The van der Waals surface area contributed by atoms with Crippen molar-refractivity contribution in [1.29, 1.82) is 5.26 Å². The molecule has 4 nitrogen and oxygen atoms in total. The molecule has 2 rings (SSSR count). The highest BCUT2D eigenvalue weighted by Crippen LogP contribution is 2.24. The summed E-state index contributed by atoms with van der Waals surface area (Å²) in [5.41, 5.74) is 1.18. The molecule has 1 aliphatic heterocycles. The van der Waals surface area contributed by atoms with E-state index < -0.39 is 5.60 Å². The average Bonchev–Trinajstić information content (AvgIpc) is 2.41. The molecule has 4 heteroatoms. The van der Waals surface area contributed by atoms with E-state index in [0.717, 1.165) is 38.0 Å². The Morgan fingerprint density at radius 2 is 2.11 bits per heavy atom. The van der Waals surface area contributed by atoms with Crippen molar-refractivity contribution < 1.29 is 9.84 Å². The van der Waals surface area contributed by atoms with Gasteiger partial charge in [0.1, 0.15) is 11.8 Å². The molecule has 0 aromatic heterocycles. The van der Waals surface area contributed by atoms with Crippen molar-refractivity contribution in [3.63, 3.8) is 0 Å². The molecule has 1 aliphatic rings. The second-order valence-corrected chi connectivity index (χ2v) is 5.42. The van der Waals surface area contributed by atoms with E-state index in [2.05, 4.69) is 11.0 Å². The minimum atomic E-state index is -0.515. The topological polar surface area (TPSA) is 56.5 Å². The first-order valence-electron chi connectivity index (χ1n) is 6.56. The van der Waals surface area contributed by atoms with Crippen molar-refractivity contribution in [3.05, 3.63) is 29.3 Å². The van der Waals surface area contributed by atoms with Gasteiger partial charge in [0.25, 0.3) is 0 Å². The van der Waals surface area contributed by atoms with Crippen LogP contribution >= 0.6 is 0 Å². The summed E-state index contributed by atoms with van der Waals surface area (Å²) < 4.78 is 5.22. The van der Waals surface area contributed by atoms with E-state index in [1.54, 1.807) is 13.2 Å². The van der Waals surface area contributed by atoms with Crippen LogP contribution in [0.4, 0.5) is 0 Å². The van der Waals surface area contributed by atoms with E-state index in [1.807, 2.05) is 19.1 Å². The third-order valence-corrected chi connectivity index (χ3v) is 3.73. The Hall–Kier alpha value is -1.57. The SMILES string of the molecule is COc1cc(CN2CCC(C)(O)CC2)ccc1C#N. The quantitative estimate of drug-likeness (QED) is 0.902. The molecule has 1 heterocycles. The number of nitrogens with zero attached hydrogens (tertiary/aromatic N) is 2. The molecule has 0 bridgehead atoms. The lowest BCUT2D eigenvalue weighted by molar-refractivity contribution is -0.00731. The fraction of sp³-hybridized carbons (Fsp3) is 0.533. The molecular formula is C15H20N2O2. The van der Waals surface area contributed by atoms with Gasteiger partial charge >= 0.3 is 0 Å². The number of likely N-dealkylation sites (tertiary alicyclic amines) is 1. The van der Waals surface area contributed by atoms with Gasteiger partial charge in [-0.15, -0.1) is 0 Å². The standard InChI is InChI=1S/C15H20N2O2/c1-15(18)5-7-17(8-6-15)11-12-3-4-13(10-16)14(9-12)19-2/h3-4,9,18H,5-8,11H2,1-2H3. The molecule has 1 aromatic rings. The summed E-state index contributed by atoms with van der Waals surface area (Å²) >= 11 is 0. The zero-order chi connectivity index (χ0) is 13.9. The zero-order valence-electron chi connectivity index (χ0n) is 11.5. The van der Waals surface area contributed by atoms with Crippen molar-refractivity contribution in [3.8, 4) is 11.8 Å². The fourth-order valence-electron chi connectivity index (χ4n) is 2.38. The normalized spacial score (nSPS) is 18.8. The van der Waals surface area contributed by atoms with Crippen molar-refractivity contribution >= 4 is 0 Å². The summed E-state index contributed by atoms with van der Waals surface area (Å²) in [5.74, 6) is 0.629. The van der Waals surface area contributed by atoms with Crippen LogP contribution in [-0.2, 0) is 6.54 Å². The van der Waals surface area contributed by atoms with Crippen molar-refractivity contribution in [1.82, 2.24) is 4.90 Å². The van der Waals surface area contributed by atoms with Crippen LogP contribution in [0.3, 0.4) is 0 Å². The van der Waals surface area contributed by atoms with Crippen LogP contribution in [0, 0.1) is 11.3 Å². The van der Waals surface area contributed by atoms with E-state index in [-0.39, 0.29) is 0 Å². The van der Waals surface area contributed by atoms with Gasteiger partial charge in [0.15, 0.2) is 0 Å². The monoisotopic (exact) mass is 260 g/mol. The van der Waals surface area contributed by atoms with E-state index in [1.165, 1.54) is 0 Å². The molecule has 0 unspecified atom stereocenters. The fourth-order valence-corrected chi connectivity index (χ4v) is 2.38. The molecule has 102 valence electrons. The molecule has 0 radical (unpaired) electrons. The van der Waals surface area contributed by atoms with Crippen LogP contribution in [0.25, 0.3) is 0 Å². The summed E-state index contributed by atoms with van der Waals surface area (Å²) in [6.07, 6.45) is 1.61. The number of hydrogen-bond acceptors (Lipinski definition) is 4. The number of hydrogen-bond donors (Lipinski definition) is 1. The Balaban J connectivity index is 2.02. The summed E-state index contributed by atoms with van der Waals surface area (Å²) in [4.78, 5) is 2.32. The first-order valence-corrected chi connectivity index (χ1v) is 6.56. The second-order valence-electron chi connectivity index (χ2n) is 5.42. The molecule has 1 fully saturated rings. The Morgan fingerprint density at radius 3 is 2.68 bits per heavy atom. The third kappa shape index (κ3) is 3.46. The minimum absolute atomic E-state index is 0.515. The Bertz CT molecular complexity index is 481. The Morgan fingerprint density at radius 1 is 1.42 bits per heavy atom. The van der Waals surface area contributed by atoms with Gasteiger partial charge in [-0.1, -0.05) is 6.07 Å². The zero-order valence-corrected chi connectivity index (χ0v) is 11.5. The first-order chi connectivity index (χ1) is 9.04. The lowest BCUT2D eigenvalue weighted by Gasteiger charge is -2.35. The van der Waals surface area contributed by atoms with Crippen LogP contribution in [0.5, 0.6) is 5.75 Å². The van der Waals surface area contributed by atoms with Gasteiger partial charge in [-0.25, -0.2) is 0 Å². The van der Waals surface area contributed by atoms with Crippen LogP contribution in [-0.4, -0.2) is 35.8 Å². The van der Waals surface area contributed by atoms with Gasteiger partial charge in [0, 0.05) is 19.6 Å². The molecule has 1 N–H and O–H groups in total. The number of piperidine rings is 1. The molecular weight excluding hydrogens is 240 g/mol. The smallest absolute Gasteiger partial charge is 0.136 e. The van der Waals surface area contributed by atoms with E-state index in [0.29, 0.717) is 11.3 Å². The minimum Gasteiger partial charge on any atom is -0.495 e. The number of rotatable bonds is 3. The largest absolute Gasteiger partial charge is 0.495 e. The number of nitriles is 1. The average molecular weight is 260 g/mol. The maximum absolute atomic E-state index is 9.93. The number of benzene rings is 1. The summed E-state index contributed by atoms with van der Waals surface area (Å²) in [6.45, 7) is 4.53. The molecule has 0 amide bonds. The van der Waals surface area contributed by atoms with E-state index in [9.17, 15) is 5.11 Å². The lowest BCUT2D eigenvalue weighted by atomic mass is 9.93. The van der Waals surface area contributed by atoms with Gasteiger partial charge in [-0.05, 0) is 37.5 Å². The van der Waals surface area contributed by atoms with Gasteiger partial charge in [0.2, 0.25) is 0 Å². The molecule has 0 saturated carbocycles. The highest BCUT2D eigenvalue weighted by molar-refractivity contribution is 5.45. The molecule has 1 saturated heterocycles. The number of methoxy groups -OCH3 is 1. The van der Waals surface area contributed by atoms with Crippen LogP contribution in [0.2, 0.25) is 0 Å². The predicted octanol–water partition coefficient (Wildman–Crippen LogP) is 1.91. The number of aliphatic hydroxyl groups is 1. The van der Waals surface area contributed by atoms with Gasteiger partial charge in [-0.3, -0.25) is 4.90 Å². The Labute approximate surface area is 114 Å². The highest BCUT2D eigenvalue weighted by Gasteiger charge is 2.27. The molecule has 0 spiro atoms. The van der Waals surface area contributed by atoms with Crippen molar-refractivity contribution in [2.75, 3.05) is 20.2 Å². The van der Waals surface area contributed by atoms with Gasteiger partial charge in [-0.2, -0.15) is 5.26 Å². The van der Waals surface area contributed by atoms with Crippen LogP contribution < -0.4 is 4.74 Å². The summed E-state index contributed by atoms with van der Waals surface area (Å²) in [7, 11) is 1.58. The number of ether oxygens (including phenoxy) is 1. The van der Waals surface area contributed by atoms with E-state index in [4.69, 9.17) is 10.00 Å². The highest BCUT2D eigenvalue weighted by atomic mass is 16.5. The molecule has 1 aromatic carbocycles. The summed E-state index contributed by atoms with van der Waals surface area (Å²) in [6, 6.07) is 7.80. The molecule has 0 atom stereocenters. The van der Waals surface area contributed by atoms with Gasteiger partial charge < -0.3 is 9.84 Å². The maximum atomic E-state index is 9.93. The molecule has 0 aliphatic carbocycles. The van der Waals surface area contributed by atoms with Crippen molar-refractivity contribution in [2.24, 2.45) is 0 Å². The van der Waals surface area contributed by atoms with Crippen LogP contribution in [0.15, 0.2) is 18.2 Å². The van der Waals surface area contributed by atoms with E-state index >= 15 is 0 Å². The lowest BCUT2D eigenvalue weighted by Crippen LogP contribution is -2.41. The Kier molecular flexibility index (Phi) is 4.08. The second kappa shape index (κ2) is 5.60. The van der Waals surface area contributed by atoms with Crippen molar-refractivity contribution in [2.45, 2.75) is 31.9 Å². The maximum Gasteiger partial charge on any atom is 0.136 e. The molecule has 19 heavy (non-hydrogen) atoms. The first kappa shape index (κ1) is 13.9. The summed E-state index contributed by atoms with van der Waals surface area (Å²) in [5, 5.41) is 18.9. The predicted molar refractivity (Wildman–Crippen MR) is 72.8 cm³/mol. The third-order valence-electron chi connectivity index (χ3n) is 3.73. The van der Waals surface area contributed by atoms with Crippen LogP contribution in [0.1, 0.15) is 30.9 Å².